The van der Waals surface area contributed by atoms with Gasteiger partial charge in [0.1, 0.15) is 0 Å². The van der Waals surface area contributed by atoms with Crippen LogP contribution in [0.15, 0.2) is 0 Å². The number of methoxy groups -OCH3 is 1. The molecule has 0 aliphatic heterocycles. The highest BCUT2D eigenvalue weighted by atomic mass is 79.9. The number of alkyl halides is 1. The van der Waals surface area contributed by atoms with Crippen molar-refractivity contribution in [1.82, 2.24) is 0 Å². The fraction of sp³-hybridized carbons (Fsp3) is 1.00. The van der Waals surface area contributed by atoms with Crippen molar-refractivity contribution in [3.8, 4) is 0 Å². The predicted octanol–water partition coefficient (Wildman–Crippen LogP) is 3.86. The van der Waals surface area contributed by atoms with Gasteiger partial charge in [0.15, 0.2) is 0 Å². The third kappa shape index (κ3) is 6.50. The summed E-state index contributed by atoms with van der Waals surface area (Å²) in [4.78, 5) is 0.610. The van der Waals surface area contributed by atoms with Gasteiger partial charge in [-0.15, -0.1) is 0 Å². The lowest BCUT2D eigenvalue weighted by Gasteiger charge is -2.26. The third-order valence-electron chi connectivity index (χ3n) is 2.30. The van der Waals surface area contributed by atoms with Crippen LogP contribution in [-0.4, -0.2) is 18.5 Å². The first-order valence-electron chi connectivity index (χ1n) is 5.01. The Morgan fingerprint density at radius 3 is 2.15 bits per heavy atom. The SMILES string of the molecule is COCC(C)CCC(Br)C(C)(C)C. The Balaban J connectivity index is 3.63. The molecule has 2 heteroatoms. The molecular formula is C11H23BrO. The summed E-state index contributed by atoms with van der Waals surface area (Å²) in [5.74, 6) is 0.674. The van der Waals surface area contributed by atoms with Crippen molar-refractivity contribution in [2.75, 3.05) is 13.7 Å². The lowest BCUT2D eigenvalue weighted by Crippen LogP contribution is -2.21. The van der Waals surface area contributed by atoms with Crippen LogP contribution in [0.3, 0.4) is 0 Å². The molecule has 0 bridgehead atoms. The van der Waals surface area contributed by atoms with E-state index in [1.807, 2.05) is 0 Å². The molecule has 0 amide bonds. The molecule has 0 aliphatic carbocycles. The molecule has 0 fully saturated rings. The van der Waals surface area contributed by atoms with Gasteiger partial charge in [-0.2, -0.15) is 0 Å². The van der Waals surface area contributed by atoms with E-state index >= 15 is 0 Å². The number of hydrogen-bond donors (Lipinski definition) is 0. The van der Waals surface area contributed by atoms with Crippen LogP contribution in [0.25, 0.3) is 0 Å². The quantitative estimate of drug-likeness (QED) is 0.674. The molecule has 13 heavy (non-hydrogen) atoms. The summed E-state index contributed by atoms with van der Waals surface area (Å²) in [7, 11) is 1.77. The van der Waals surface area contributed by atoms with Gasteiger partial charge < -0.3 is 4.74 Å². The number of ether oxygens (including phenoxy) is 1. The van der Waals surface area contributed by atoms with E-state index in [2.05, 4.69) is 43.6 Å². The Hall–Kier alpha value is 0.440. The second-order valence-electron chi connectivity index (χ2n) is 4.97. The largest absolute Gasteiger partial charge is 0.384 e. The van der Waals surface area contributed by atoms with Gasteiger partial charge in [0, 0.05) is 18.5 Å². The number of rotatable bonds is 5. The van der Waals surface area contributed by atoms with Gasteiger partial charge in [0.05, 0.1) is 0 Å². The highest BCUT2D eigenvalue weighted by molar-refractivity contribution is 9.09. The predicted molar refractivity (Wildman–Crippen MR) is 62.4 cm³/mol. The van der Waals surface area contributed by atoms with Crippen LogP contribution in [0, 0.1) is 11.3 Å². The van der Waals surface area contributed by atoms with E-state index in [0.717, 1.165) is 6.61 Å². The second-order valence-corrected chi connectivity index (χ2v) is 6.08. The van der Waals surface area contributed by atoms with Crippen molar-refractivity contribution < 1.29 is 4.74 Å². The summed E-state index contributed by atoms with van der Waals surface area (Å²) in [5, 5.41) is 0. The monoisotopic (exact) mass is 250 g/mol. The summed E-state index contributed by atoms with van der Waals surface area (Å²) < 4.78 is 5.11. The van der Waals surface area contributed by atoms with Crippen LogP contribution in [0.2, 0.25) is 0 Å². The van der Waals surface area contributed by atoms with Gasteiger partial charge >= 0.3 is 0 Å². The average Bonchev–Trinajstić information content (AvgIpc) is 1.99. The van der Waals surface area contributed by atoms with Crippen molar-refractivity contribution in [1.29, 1.82) is 0 Å². The van der Waals surface area contributed by atoms with E-state index in [1.54, 1.807) is 7.11 Å². The van der Waals surface area contributed by atoms with E-state index in [4.69, 9.17) is 4.74 Å². The zero-order valence-corrected chi connectivity index (χ0v) is 11.1. The van der Waals surface area contributed by atoms with E-state index < -0.39 is 0 Å². The minimum Gasteiger partial charge on any atom is -0.384 e. The Kier molecular flexibility index (Phi) is 6.23. The molecule has 0 aromatic carbocycles. The van der Waals surface area contributed by atoms with Crippen molar-refractivity contribution in [3.63, 3.8) is 0 Å². The molecule has 0 saturated carbocycles. The Labute approximate surface area is 91.4 Å². The zero-order chi connectivity index (χ0) is 10.5. The molecule has 1 nitrogen and oxygen atoms in total. The van der Waals surface area contributed by atoms with Crippen molar-refractivity contribution >= 4 is 15.9 Å². The summed E-state index contributed by atoms with van der Waals surface area (Å²) in [6.07, 6.45) is 2.47. The summed E-state index contributed by atoms with van der Waals surface area (Å²) in [5.41, 5.74) is 0.368. The standard InChI is InChI=1S/C11H23BrO/c1-9(8-13-5)6-7-10(12)11(2,3)4/h9-10H,6-8H2,1-5H3. The van der Waals surface area contributed by atoms with Crippen LogP contribution in [0.5, 0.6) is 0 Å². The summed E-state index contributed by atoms with van der Waals surface area (Å²) in [6.45, 7) is 9.93. The minimum absolute atomic E-state index is 0.368. The fourth-order valence-electron chi connectivity index (χ4n) is 1.23. The van der Waals surface area contributed by atoms with Gasteiger partial charge in [0.2, 0.25) is 0 Å². The lowest BCUT2D eigenvalue weighted by molar-refractivity contribution is 0.153. The Morgan fingerprint density at radius 2 is 1.77 bits per heavy atom. The lowest BCUT2D eigenvalue weighted by atomic mass is 9.88. The first-order valence-corrected chi connectivity index (χ1v) is 5.92. The summed E-state index contributed by atoms with van der Waals surface area (Å²) in [6, 6.07) is 0. The molecule has 80 valence electrons. The number of hydrogen-bond acceptors (Lipinski definition) is 1. The summed E-state index contributed by atoms with van der Waals surface area (Å²) >= 11 is 3.74. The first-order chi connectivity index (χ1) is 5.88. The fourth-order valence-corrected chi connectivity index (χ4v) is 1.50. The molecule has 0 aromatic rings. The molecule has 0 saturated heterocycles. The van der Waals surface area contributed by atoms with Crippen LogP contribution in [0.4, 0.5) is 0 Å². The maximum absolute atomic E-state index is 5.11. The highest BCUT2D eigenvalue weighted by Crippen LogP contribution is 2.30. The Morgan fingerprint density at radius 1 is 1.23 bits per heavy atom. The van der Waals surface area contributed by atoms with Crippen LogP contribution < -0.4 is 0 Å². The molecule has 0 radical (unpaired) electrons. The van der Waals surface area contributed by atoms with Gasteiger partial charge in [-0.25, -0.2) is 0 Å². The van der Waals surface area contributed by atoms with Gasteiger partial charge in [0.25, 0.3) is 0 Å². The molecule has 0 rings (SSSR count). The second kappa shape index (κ2) is 6.02. The zero-order valence-electron chi connectivity index (χ0n) is 9.56. The maximum atomic E-state index is 5.11. The molecule has 0 heterocycles. The molecule has 0 aromatic heterocycles. The van der Waals surface area contributed by atoms with Crippen LogP contribution >= 0.6 is 15.9 Å². The third-order valence-corrected chi connectivity index (χ3v) is 4.14. The molecule has 2 unspecified atom stereocenters. The van der Waals surface area contributed by atoms with Gasteiger partial charge in [-0.05, 0) is 24.2 Å². The highest BCUT2D eigenvalue weighted by Gasteiger charge is 2.21. The molecule has 0 N–H and O–H groups in total. The van der Waals surface area contributed by atoms with Crippen molar-refractivity contribution in [2.24, 2.45) is 11.3 Å². The van der Waals surface area contributed by atoms with Crippen LogP contribution in [-0.2, 0) is 4.74 Å². The Bertz CT molecular complexity index is 129. The van der Waals surface area contributed by atoms with Crippen molar-refractivity contribution in [3.05, 3.63) is 0 Å². The number of halogens is 1. The maximum Gasteiger partial charge on any atom is 0.0487 e. The van der Waals surface area contributed by atoms with E-state index in [9.17, 15) is 0 Å². The van der Waals surface area contributed by atoms with Gasteiger partial charge in [-0.1, -0.05) is 43.6 Å². The first kappa shape index (κ1) is 13.4. The van der Waals surface area contributed by atoms with Crippen LogP contribution in [0.1, 0.15) is 40.5 Å². The van der Waals surface area contributed by atoms with Gasteiger partial charge in [-0.3, -0.25) is 0 Å². The normalized spacial score (nSPS) is 17.1. The smallest absolute Gasteiger partial charge is 0.0487 e. The van der Waals surface area contributed by atoms with Crippen molar-refractivity contribution in [2.45, 2.75) is 45.4 Å². The molecule has 0 spiro atoms. The molecule has 2 atom stereocenters. The molecule has 0 aliphatic rings. The minimum atomic E-state index is 0.368. The average molecular weight is 251 g/mol. The molecular weight excluding hydrogens is 228 g/mol. The topological polar surface area (TPSA) is 9.23 Å². The van der Waals surface area contributed by atoms with E-state index in [1.165, 1.54) is 12.8 Å². The van der Waals surface area contributed by atoms with E-state index in [-0.39, 0.29) is 0 Å². The van der Waals surface area contributed by atoms with E-state index in [0.29, 0.717) is 16.2 Å².